The van der Waals surface area contributed by atoms with Gasteiger partial charge in [0.25, 0.3) is 5.91 Å². The number of rotatable bonds is 2. The molecule has 3 rings (SSSR count). The predicted molar refractivity (Wildman–Crippen MR) is 83.4 cm³/mol. The molecule has 0 bridgehead atoms. The van der Waals surface area contributed by atoms with Gasteiger partial charge in [-0.25, -0.2) is 4.98 Å². The monoisotopic (exact) mass is 302 g/mol. The zero-order valence-corrected chi connectivity index (χ0v) is 13.0. The van der Waals surface area contributed by atoms with Crippen molar-refractivity contribution in [1.82, 2.24) is 9.88 Å². The number of aryl methyl sites for hydroxylation is 1. The number of β-amino-alcohol motifs (C(OH)–C–C–N with tert-alkyl or cyclic N) is 1. The highest BCUT2D eigenvalue weighted by atomic mass is 32.1. The molecule has 1 saturated heterocycles. The van der Waals surface area contributed by atoms with Gasteiger partial charge in [0.15, 0.2) is 0 Å². The van der Waals surface area contributed by atoms with E-state index in [1.54, 1.807) is 23.2 Å². The molecule has 1 atom stereocenters. The third-order valence-electron chi connectivity index (χ3n) is 3.79. The summed E-state index contributed by atoms with van der Waals surface area (Å²) in [4.78, 5) is 18.5. The number of nitrogens with zero attached hydrogens (tertiary/aromatic N) is 2. The van der Waals surface area contributed by atoms with Crippen molar-refractivity contribution in [3.63, 3.8) is 0 Å². The van der Waals surface area contributed by atoms with Gasteiger partial charge in [0.1, 0.15) is 0 Å². The first kappa shape index (κ1) is 14.2. The van der Waals surface area contributed by atoms with Crippen molar-refractivity contribution in [3.8, 4) is 11.3 Å². The van der Waals surface area contributed by atoms with Crippen LogP contribution in [0.25, 0.3) is 11.3 Å². The van der Waals surface area contributed by atoms with Crippen LogP contribution < -0.4 is 0 Å². The molecule has 0 aliphatic carbocycles. The van der Waals surface area contributed by atoms with Crippen molar-refractivity contribution in [2.24, 2.45) is 0 Å². The number of hydrogen-bond acceptors (Lipinski definition) is 4. The minimum Gasteiger partial charge on any atom is -0.388 e. The molecule has 1 amide bonds. The second kappa shape index (κ2) is 5.24. The predicted octanol–water partition coefficient (Wildman–Crippen LogP) is 2.72. The van der Waals surface area contributed by atoms with Gasteiger partial charge in [-0.1, -0.05) is 12.1 Å². The largest absolute Gasteiger partial charge is 0.388 e. The normalized spacial score (nSPS) is 21.8. The van der Waals surface area contributed by atoms with Gasteiger partial charge < -0.3 is 10.0 Å². The summed E-state index contributed by atoms with van der Waals surface area (Å²) >= 11 is 1.62. The van der Waals surface area contributed by atoms with Crippen molar-refractivity contribution in [2.75, 3.05) is 13.1 Å². The molecule has 1 aromatic heterocycles. The first-order chi connectivity index (χ1) is 9.94. The number of carbonyl (C=O) groups is 1. The van der Waals surface area contributed by atoms with Crippen LogP contribution in [0.2, 0.25) is 0 Å². The van der Waals surface area contributed by atoms with Crippen LogP contribution in [0.3, 0.4) is 0 Å². The summed E-state index contributed by atoms with van der Waals surface area (Å²) in [5, 5.41) is 13.0. The molecule has 2 aromatic rings. The number of amides is 1. The summed E-state index contributed by atoms with van der Waals surface area (Å²) in [7, 11) is 0. The summed E-state index contributed by atoms with van der Waals surface area (Å²) in [5.41, 5.74) is 1.86. The molecule has 0 radical (unpaired) electrons. The van der Waals surface area contributed by atoms with Crippen LogP contribution in [0.1, 0.15) is 28.7 Å². The van der Waals surface area contributed by atoms with Crippen molar-refractivity contribution in [3.05, 3.63) is 40.2 Å². The van der Waals surface area contributed by atoms with Gasteiger partial charge in [-0.05, 0) is 32.4 Å². The molecule has 21 heavy (non-hydrogen) atoms. The summed E-state index contributed by atoms with van der Waals surface area (Å²) in [6.07, 6.45) is 0.634. The maximum absolute atomic E-state index is 12.4. The van der Waals surface area contributed by atoms with Crippen LogP contribution in [-0.4, -0.2) is 39.6 Å². The molecule has 1 N–H and O–H groups in total. The van der Waals surface area contributed by atoms with E-state index < -0.39 is 5.60 Å². The zero-order chi connectivity index (χ0) is 15.0. The van der Waals surface area contributed by atoms with Crippen LogP contribution in [0.5, 0.6) is 0 Å². The van der Waals surface area contributed by atoms with E-state index in [1.807, 2.05) is 36.6 Å². The number of aromatic nitrogens is 1. The van der Waals surface area contributed by atoms with E-state index in [1.165, 1.54) is 0 Å². The average Bonchev–Trinajstić information content (AvgIpc) is 3.04. The first-order valence-corrected chi connectivity index (χ1v) is 7.87. The fourth-order valence-electron chi connectivity index (χ4n) is 2.58. The fourth-order valence-corrected chi connectivity index (χ4v) is 3.20. The lowest BCUT2D eigenvalue weighted by Gasteiger charge is -2.19. The third kappa shape index (κ3) is 2.99. The van der Waals surface area contributed by atoms with Gasteiger partial charge in [0, 0.05) is 29.6 Å². The number of likely N-dealkylation sites (tertiary alicyclic amines) is 1. The second-order valence-corrected chi connectivity index (χ2v) is 6.86. The fraction of sp³-hybridized carbons (Fsp3) is 0.375. The van der Waals surface area contributed by atoms with E-state index >= 15 is 0 Å². The Morgan fingerprint density at radius 3 is 2.62 bits per heavy atom. The minimum atomic E-state index is -0.756. The Morgan fingerprint density at radius 2 is 2.10 bits per heavy atom. The summed E-state index contributed by atoms with van der Waals surface area (Å²) in [6.45, 7) is 4.76. The Kier molecular flexibility index (Phi) is 3.55. The lowest BCUT2D eigenvalue weighted by atomic mass is 10.1. The number of benzene rings is 1. The number of hydrogen-bond donors (Lipinski definition) is 1. The average molecular weight is 302 g/mol. The van der Waals surface area contributed by atoms with Gasteiger partial charge >= 0.3 is 0 Å². The highest BCUT2D eigenvalue weighted by Crippen LogP contribution is 2.24. The van der Waals surface area contributed by atoms with E-state index in [4.69, 9.17) is 0 Å². The lowest BCUT2D eigenvalue weighted by molar-refractivity contribution is 0.0572. The lowest BCUT2D eigenvalue weighted by Crippen LogP contribution is -2.33. The van der Waals surface area contributed by atoms with E-state index in [-0.39, 0.29) is 5.91 Å². The van der Waals surface area contributed by atoms with Crippen molar-refractivity contribution in [1.29, 1.82) is 0 Å². The molecule has 0 saturated carbocycles. The molecule has 110 valence electrons. The number of aliphatic hydroxyl groups is 1. The highest BCUT2D eigenvalue weighted by Gasteiger charge is 2.34. The van der Waals surface area contributed by atoms with Crippen LogP contribution in [0, 0.1) is 6.92 Å². The second-order valence-electron chi connectivity index (χ2n) is 5.80. The molecule has 1 aromatic carbocycles. The van der Waals surface area contributed by atoms with Gasteiger partial charge in [0.2, 0.25) is 0 Å². The maximum Gasteiger partial charge on any atom is 0.253 e. The molecule has 0 spiro atoms. The maximum atomic E-state index is 12.4. The minimum absolute atomic E-state index is 0.0196. The molecule has 1 fully saturated rings. The molecule has 1 aliphatic heterocycles. The standard InChI is InChI=1S/C16H18N2O2S/c1-11-17-14(9-21-11)12-3-5-13(6-4-12)15(19)18-8-7-16(2,20)10-18/h3-6,9,20H,7-8,10H2,1-2H3. The van der Waals surface area contributed by atoms with Crippen molar-refractivity contribution >= 4 is 17.2 Å². The van der Waals surface area contributed by atoms with E-state index in [0.29, 0.717) is 25.1 Å². The topological polar surface area (TPSA) is 53.4 Å². The number of thiazole rings is 1. The highest BCUT2D eigenvalue weighted by molar-refractivity contribution is 7.09. The van der Waals surface area contributed by atoms with Gasteiger partial charge in [-0.15, -0.1) is 11.3 Å². The Morgan fingerprint density at radius 1 is 1.38 bits per heavy atom. The van der Waals surface area contributed by atoms with E-state index in [0.717, 1.165) is 16.3 Å². The first-order valence-electron chi connectivity index (χ1n) is 6.99. The molecular formula is C16H18N2O2S. The Hall–Kier alpha value is -1.72. The van der Waals surface area contributed by atoms with Gasteiger partial charge in [-0.3, -0.25) is 4.79 Å². The molecular weight excluding hydrogens is 284 g/mol. The molecule has 5 heteroatoms. The molecule has 4 nitrogen and oxygen atoms in total. The van der Waals surface area contributed by atoms with Gasteiger partial charge in [-0.2, -0.15) is 0 Å². The quantitative estimate of drug-likeness (QED) is 0.928. The van der Waals surface area contributed by atoms with E-state index in [2.05, 4.69) is 4.98 Å². The molecule has 1 unspecified atom stereocenters. The van der Waals surface area contributed by atoms with E-state index in [9.17, 15) is 9.90 Å². The summed E-state index contributed by atoms with van der Waals surface area (Å²) in [5.74, 6) is -0.0196. The zero-order valence-electron chi connectivity index (χ0n) is 12.2. The molecule has 2 heterocycles. The Bertz CT molecular complexity index is 661. The van der Waals surface area contributed by atoms with Crippen molar-refractivity contribution < 1.29 is 9.90 Å². The summed E-state index contributed by atoms with van der Waals surface area (Å²) in [6, 6.07) is 7.52. The van der Waals surface area contributed by atoms with Gasteiger partial charge in [0.05, 0.1) is 16.3 Å². The Labute approximate surface area is 128 Å². The van der Waals surface area contributed by atoms with Crippen LogP contribution in [-0.2, 0) is 0 Å². The number of carbonyl (C=O) groups excluding carboxylic acids is 1. The van der Waals surface area contributed by atoms with Crippen LogP contribution in [0.15, 0.2) is 29.6 Å². The summed E-state index contributed by atoms with van der Waals surface area (Å²) < 4.78 is 0. The van der Waals surface area contributed by atoms with Crippen molar-refractivity contribution in [2.45, 2.75) is 25.9 Å². The Balaban J connectivity index is 1.77. The van der Waals surface area contributed by atoms with Crippen LogP contribution >= 0.6 is 11.3 Å². The third-order valence-corrected chi connectivity index (χ3v) is 4.56. The molecule has 1 aliphatic rings. The smallest absolute Gasteiger partial charge is 0.253 e. The SMILES string of the molecule is Cc1nc(-c2ccc(C(=O)N3CCC(C)(O)C3)cc2)cs1. The van der Waals surface area contributed by atoms with Crippen LogP contribution in [0.4, 0.5) is 0 Å².